The normalized spacial score (nSPS) is 11.6. The van der Waals surface area contributed by atoms with Gasteiger partial charge in [0.25, 0.3) is 6.01 Å². The molecule has 2 amide bonds. The Kier molecular flexibility index (Phi) is 7.77. The summed E-state index contributed by atoms with van der Waals surface area (Å²) < 4.78 is 22.2. The molecule has 0 fully saturated rings. The van der Waals surface area contributed by atoms with E-state index in [2.05, 4.69) is 10.3 Å². The fourth-order valence-electron chi connectivity index (χ4n) is 2.66. The Morgan fingerprint density at radius 3 is 2.12 bits per heavy atom. The van der Waals surface area contributed by atoms with Crippen molar-refractivity contribution in [3.63, 3.8) is 0 Å². The lowest BCUT2D eigenvalue weighted by Gasteiger charge is -2.29. The third-order valence-corrected chi connectivity index (χ3v) is 3.80. The molecule has 0 radical (unpaired) electrons. The van der Waals surface area contributed by atoms with Gasteiger partial charge in [0, 0.05) is 5.56 Å². The third kappa shape index (κ3) is 7.47. The average molecular weight is 448 g/mol. The van der Waals surface area contributed by atoms with Crippen LogP contribution >= 0.6 is 0 Å². The highest BCUT2D eigenvalue weighted by Gasteiger charge is 2.32. The van der Waals surface area contributed by atoms with Gasteiger partial charge in [-0.05, 0) is 61.5 Å². The number of benzene rings is 1. The lowest BCUT2D eigenvalue weighted by atomic mass is 10.1. The Hall–Kier alpha value is -3.23. The van der Waals surface area contributed by atoms with E-state index < -0.39 is 23.4 Å². The van der Waals surface area contributed by atoms with Crippen LogP contribution < -0.4 is 10.1 Å². The van der Waals surface area contributed by atoms with Gasteiger partial charge in [-0.25, -0.2) is 19.5 Å². The minimum Gasteiger partial charge on any atom is -0.491 e. The van der Waals surface area contributed by atoms with Crippen molar-refractivity contribution in [2.24, 2.45) is 0 Å². The molecule has 2 rings (SSSR count). The van der Waals surface area contributed by atoms with Crippen molar-refractivity contribution < 1.29 is 28.2 Å². The molecule has 0 unspecified atom stereocenters. The predicted molar refractivity (Wildman–Crippen MR) is 120 cm³/mol. The quantitative estimate of drug-likeness (QED) is 0.593. The molecule has 1 heterocycles. The first-order valence-corrected chi connectivity index (χ1v) is 10.5. The number of oxazole rings is 1. The molecule has 9 nitrogen and oxygen atoms in total. The van der Waals surface area contributed by atoms with Crippen LogP contribution in [-0.4, -0.2) is 39.9 Å². The zero-order valence-electron chi connectivity index (χ0n) is 20.1. The number of amides is 2. The lowest BCUT2D eigenvalue weighted by molar-refractivity contribution is -0.000345. The maximum absolute atomic E-state index is 12.9. The molecule has 0 aliphatic heterocycles. The van der Waals surface area contributed by atoms with E-state index in [1.807, 2.05) is 6.92 Å². The van der Waals surface area contributed by atoms with Crippen LogP contribution in [0.1, 0.15) is 59.8 Å². The van der Waals surface area contributed by atoms with Crippen molar-refractivity contribution in [1.82, 2.24) is 9.88 Å². The highest BCUT2D eigenvalue weighted by molar-refractivity contribution is 5.88. The number of rotatable bonds is 6. The van der Waals surface area contributed by atoms with E-state index in [0.717, 1.165) is 4.90 Å². The number of aromatic nitrogens is 1. The van der Waals surface area contributed by atoms with Gasteiger partial charge in [0.1, 0.15) is 22.7 Å². The number of carbonyl (C=O) groups excluding carboxylic acids is 2. The number of para-hydroxylation sites is 1. The first-order chi connectivity index (χ1) is 14.8. The second kappa shape index (κ2) is 9.93. The smallest absolute Gasteiger partial charge is 0.420 e. The standard InChI is InChI=1S/C23H33N3O6/c1-9-29-18-16(11-10-12-17(18)25-19-24-13-15(2)30-19)14-26(20(27)31-22(3,4)5)21(28)32-23(6,7)8/h10-13H,9,14H2,1-8H3,(H,24,25). The van der Waals surface area contributed by atoms with Crippen molar-refractivity contribution in [2.45, 2.75) is 73.1 Å². The Morgan fingerprint density at radius 1 is 1.06 bits per heavy atom. The number of hydrogen-bond acceptors (Lipinski definition) is 8. The molecule has 1 N–H and O–H groups in total. The topological polar surface area (TPSA) is 103 Å². The summed E-state index contributed by atoms with van der Waals surface area (Å²) in [6, 6.07) is 5.63. The number of ether oxygens (including phenoxy) is 3. The molecule has 176 valence electrons. The summed E-state index contributed by atoms with van der Waals surface area (Å²) in [7, 11) is 0. The number of carbonyl (C=O) groups is 2. The molecule has 0 bridgehead atoms. The zero-order chi connectivity index (χ0) is 24.1. The van der Waals surface area contributed by atoms with Crippen LogP contribution in [0.2, 0.25) is 0 Å². The van der Waals surface area contributed by atoms with Gasteiger partial charge < -0.3 is 23.9 Å². The number of imide groups is 1. The zero-order valence-corrected chi connectivity index (χ0v) is 20.1. The molecule has 0 spiro atoms. The molecular weight excluding hydrogens is 414 g/mol. The number of aryl methyl sites for hydroxylation is 1. The van der Waals surface area contributed by atoms with Crippen LogP contribution in [0.15, 0.2) is 28.8 Å². The first-order valence-electron chi connectivity index (χ1n) is 10.5. The largest absolute Gasteiger partial charge is 0.491 e. The van der Waals surface area contributed by atoms with Crippen molar-refractivity contribution in [2.75, 3.05) is 11.9 Å². The maximum atomic E-state index is 12.9. The van der Waals surface area contributed by atoms with Crippen LogP contribution in [0.5, 0.6) is 5.75 Å². The molecule has 1 aromatic heterocycles. The van der Waals surface area contributed by atoms with E-state index in [-0.39, 0.29) is 6.54 Å². The molecule has 0 atom stereocenters. The minimum atomic E-state index is -0.809. The number of nitrogens with one attached hydrogen (secondary N) is 1. The molecule has 0 saturated carbocycles. The SMILES string of the molecule is CCOc1c(CN(C(=O)OC(C)(C)C)C(=O)OC(C)(C)C)cccc1Nc1ncc(C)o1. The van der Waals surface area contributed by atoms with Gasteiger partial charge in [-0.3, -0.25) is 0 Å². The van der Waals surface area contributed by atoms with E-state index >= 15 is 0 Å². The second-order valence-corrected chi connectivity index (χ2v) is 9.17. The number of nitrogens with zero attached hydrogens (tertiary/aromatic N) is 2. The van der Waals surface area contributed by atoms with Crippen molar-refractivity contribution >= 4 is 23.9 Å². The molecule has 9 heteroatoms. The van der Waals surface area contributed by atoms with Gasteiger partial charge >= 0.3 is 12.2 Å². The highest BCUT2D eigenvalue weighted by Crippen LogP contribution is 2.33. The van der Waals surface area contributed by atoms with E-state index in [1.54, 1.807) is 72.9 Å². The maximum Gasteiger partial charge on any atom is 0.420 e. The van der Waals surface area contributed by atoms with Gasteiger partial charge in [-0.1, -0.05) is 12.1 Å². The van der Waals surface area contributed by atoms with Crippen LogP contribution in [0.3, 0.4) is 0 Å². The van der Waals surface area contributed by atoms with Gasteiger partial charge in [0.15, 0.2) is 0 Å². The Morgan fingerprint density at radius 2 is 1.66 bits per heavy atom. The summed E-state index contributed by atoms with van der Waals surface area (Å²) in [6.07, 6.45) is -0.0222. The summed E-state index contributed by atoms with van der Waals surface area (Å²) in [5.74, 6) is 1.12. The van der Waals surface area contributed by atoms with Crippen LogP contribution in [0, 0.1) is 6.92 Å². The molecule has 0 aliphatic rings. The fraction of sp³-hybridized carbons (Fsp3) is 0.522. The monoisotopic (exact) mass is 447 g/mol. The van der Waals surface area contributed by atoms with Gasteiger partial charge in [0.2, 0.25) is 0 Å². The van der Waals surface area contributed by atoms with E-state index in [0.29, 0.717) is 35.4 Å². The average Bonchev–Trinajstić information content (AvgIpc) is 3.03. The first kappa shape index (κ1) is 25.0. The Labute approximate surface area is 189 Å². The predicted octanol–water partition coefficient (Wildman–Crippen LogP) is 5.80. The Balaban J connectivity index is 2.40. The molecule has 2 aromatic rings. The summed E-state index contributed by atoms with van der Waals surface area (Å²) in [5.41, 5.74) is -0.407. The fourth-order valence-corrected chi connectivity index (χ4v) is 2.66. The lowest BCUT2D eigenvalue weighted by Crippen LogP contribution is -2.43. The second-order valence-electron chi connectivity index (χ2n) is 9.17. The minimum absolute atomic E-state index is 0.112. The van der Waals surface area contributed by atoms with E-state index in [4.69, 9.17) is 18.6 Å². The molecule has 0 saturated heterocycles. The molecule has 0 aliphatic carbocycles. The molecule has 32 heavy (non-hydrogen) atoms. The summed E-state index contributed by atoms with van der Waals surface area (Å²) in [6.45, 7) is 14.3. The number of anilines is 2. The van der Waals surface area contributed by atoms with E-state index in [1.165, 1.54) is 0 Å². The number of hydrogen-bond donors (Lipinski definition) is 1. The molecular formula is C23H33N3O6. The van der Waals surface area contributed by atoms with Gasteiger partial charge in [-0.15, -0.1) is 0 Å². The van der Waals surface area contributed by atoms with Gasteiger partial charge in [-0.2, -0.15) is 0 Å². The van der Waals surface area contributed by atoms with Crippen molar-refractivity contribution in [3.8, 4) is 5.75 Å². The van der Waals surface area contributed by atoms with Crippen molar-refractivity contribution in [1.29, 1.82) is 0 Å². The summed E-state index contributed by atoms with van der Waals surface area (Å²) >= 11 is 0. The summed E-state index contributed by atoms with van der Waals surface area (Å²) in [5, 5.41) is 3.07. The Bertz CT molecular complexity index is 912. The van der Waals surface area contributed by atoms with Crippen LogP contribution in [-0.2, 0) is 16.0 Å². The summed E-state index contributed by atoms with van der Waals surface area (Å²) in [4.78, 5) is 30.8. The third-order valence-electron chi connectivity index (χ3n) is 3.80. The van der Waals surface area contributed by atoms with Gasteiger partial charge in [0.05, 0.1) is 25.0 Å². The highest BCUT2D eigenvalue weighted by atomic mass is 16.6. The molecule has 1 aromatic carbocycles. The van der Waals surface area contributed by atoms with Crippen LogP contribution in [0.4, 0.5) is 21.3 Å². The van der Waals surface area contributed by atoms with Crippen molar-refractivity contribution in [3.05, 3.63) is 35.7 Å². The van der Waals surface area contributed by atoms with Crippen LogP contribution in [0.25, 0.3) is 0 Å². The van der Waals surface area contributed by atoms with E-state index in [9.17, 15) is 9.59 Å².